The molecule has 4 rings (SSSR count). The van der Waals surface area contributed by atoms with Crippen LogP contribution in [-0.4, -0.2) is 43.1 Å². The molecule has 0 spiro atoms. The van der Waals surface area contributed by atoms with Crippen LogP contribution < -0.4 is 4.74 Å². The summed E-state index contributed by atoms with van der Waals surface area (Å²) in [5, 5.41) is 0. The lowest BCUT2D eigenvalue weighted by atomic mass is 9.91. The third-order valence-electron chi connectivity index (χ3n) is 4.71. The molecule has 0 aromatic heterocycles. The van der Waals surface area contributed by atoms with Crippen LogP contribution in [0.2, 0.25) is 0 Å². The van der Waals surface area contributed by atoms with Crippen molar-refractivity contribution in [3.05, 3.63) is 65.2 Å². The zero-order valence-electron chi connectivity index (χ0n) is 13.8. The highest BCUT2D eigenvalue weighted by molar-refractivity contribution is 5.91. The molecule has 5 heteroatoms. The largest absolute Gasteiger partial charge is 0.425 e. The molecule has 0 N–H and O–H groups in total. The monoisotopic (exact) mass is 337 g/mol. The van der Waals surface area contributed by atoms with E-state index in [1.54, 1.807) is 4.90 Å². The lowest BCUT2D eigenvalue weighted by molar-refractivity contribution is -0.135. The molecule has 1 fully saturated rings. The maximum Gasteiger partial charge on any atom is 0.323 e. The Hall–Kier alpha value is -2.66. The molecule has 128 valence electrons. The highest BCUT2D eigenvalue weighted by Gasteiger charge is 2.36. The first-order chi connectivity index (χ1) is 12.2. The molecule has 1 saturated heterocycles. The maximum absolute atomic E-state index is 12.5. The van der Waals surface area contributed by atoms with Crippen LogP contribution in [0.5, 0.6) is 5.75 Å². The molecule has 25 heavy (non-hydrogen) atoms. The van der Waals surface area contributed by atoms with E-state index in [0.29, 0.717) is 32.1 Å². The van der Waals surface area contributed by atoms with Gasteiger partial charge in [-0.3, -0.25) is 9.59 Å². The lowest BCUT2D eigenvalue weighted by Crippen LogP contribution is -2.41. The van der Waals surface area contributed by atoms with Gasteiger partial charge >= 0.3 is 5.97 Å². The summed E-state index contributed by atoms with van der Waals surface area (Å²) in [5.41, 5.74) is 2.51. The van der Waals surface area contributed by atoms with E-state index in [4.69, 9.17) is 9.47 Å². The minimum atomic E-state index is -0.422. The van der Waals surface area contributed by atoms with E-state index >= 15 is 0 Å². The van der Waals surface area contributed by atoms with Crippen molar-refractivity contribution in [1.29, 1.82) is 0 Å². The molecular weight excluding hydrogens is 318 g/mol. The zero-order valence-corrected chi connectivity index (χ0v) is 13.8. The van der Waals surface area contributed by atoms with Gasteiger partial charge in [0.25, 0.3) is 0 Å². The van der Waals surface area contributed by atoms with E-state index < -0.39 is 5.92 Å². The predicted octanol–water partition coefficient (Wildman–Crippen LogP) is 2.14. The molecule has 1 atom stereocenters. The quantitative estimate of drug-likeness (QED) is 0.636. The minimum Gasteiger partial charge on any atom is -0.425 e. The van der Waals surface area contributed by atoms with Crippen molar-refractivity contribution in [2.24, 2.45) is 0 Å². The van der Waals surface area contributed by atoms with E-state index in [1.165, 1.54) is 0 Å². The Labute approximate surface area is 146 Å². The van der Waals surface area contributed by atoms with Crippen LogP contribution in [0.25, 0.3) is 0 Å². The topological polar surface area (TPSA) is 55.8 Å². The summed E-state index contributed by atoms with van der Waals surface area (Å²) < 4.78 is 10.8. The number of carbonyl (C=O) groups excluding carboxylic acids is 2. The molecule has 5 nitrogen and oxygen atoms in total. The van der Waals surface area contributed by atoms with Crippen LogP contribution in [0.3, 0.4) is 0 Å². The van der Waals surface area contributed by atoms with Crippen molar-refractivity contribution in [2.45, 2.75) is 12.3 Å². The van der Waals surface area contributed by atoms with Crippen molar-refractivity contribution in [3.8, 4) is 5.75 Å². The molecule has 2 aliphatic rings. The van der Waals surface area contributed by atoms with Crippen LogP contribution >= 0.6 is 0 Å². The average Bonchev–Trinajstić information content (AvgIpc) is 3.00. The summed E-state index contributed by atoms with van der Waals surface area (Å²) in [5.74, 6) is -0.124. The number of esters is 1. The van der Waals surface area contributed by atoms with Gasteiger partial charge in [0.15, 0.2) is 0 Å². The van der Waals surface area contributed by atoms with E-state index in [0.717, 1.165) is 16.7 Å². The molecule has 0 bridgehead atoms. The van der Waals surface area contributed by atoms with Gasteiger partial charge in [-0.1, -0.05) is 48.5 Å². The number of benzene rings is 2. The number of hydrogen-bond donors (Lipinski definition) is 0. The minimum absolute atomic E-state index is 0.0379. The Bertz CT molecular complexity index is 797. The normalized spacial score (nSPS) is 19.4. The second-order valence-corrected chi connectivity index (χ2v) is 6.27. The standard InChI is InChI=1S/C20H19NO4/c22-17(21-9-11-24-12-10-21)13-15-7-4-8-16-18(20(23)25-19(15)16)14-5-2-1-3-6-14/h1-8,18H,9-13H2. The summed E-state index contributed by atoms with van der Waals surface area (Å²) in [7, 11) is 0. The maximum atomic E-state index is 12.5. The molecule has 2 aromatic carbocycles. The Morgan fingerprint density at radius 1 is 1.04 bits per heavy atom. The van der Waals surface area contributed by atoms with E-state index in [2.05, 4.69) is 0 Å². The highest BCUT2D eigenvalue weighted by Crippen LogP contribution is 2.41. The number of ether oxygens (including phenoxy) is 2. The fraction of sp³-hybridized carbons (Fsp3) is 0.300. The van der Waals surface area contributed by atoms with Gasteiger partial charge in [-0.05, 0) is 5.56 Å². The van der Waals surface area contributed by atoms with Gasteiger partial charge in [0.2, 0.25) is 5.91 Å². The zero-order chi connectivity index (χ0) is 17.2. The summed E-state index contributed by atoms with van der Waals surface area (Å²) in [6, 6.07) is 15.2. The molecule has 0 radical (unpaired) electrons. The molecule has 2 heterocycles. The second-order valence-electron chi connectivity index (χ2n) is 6.27. The third kappa shape index (κ3) is 3.03. The van der Waals surface area contributed by atoms with Crippen LogP contribution in [-0.2, 0) is 20.7 Å². The van der Waals surface area contributed by atoms with Crippen molar-refractivity contribution in [1.82, 2.24) is 4.90 Å². The molecule has 1 amide bonds. The van der Waals surface area contributed by atoms with Gasteiger partial charge in [-0.25, -0.2) is 0 Å². The number of rotatable bonds is 3. The van der Waals surface area contributed by atoms with Gasteiger partial charge in [0.1, 0.15) is 11.7 Å². The van der Waals surface area contributed by atoms with E-state index in [-0.39, 0.29) is 18.3 Å². The summed E-state index contributed by atoms with van der Waals surface area (Å²) in [4.78, 5) is 26.8. The van der Waals surface area contributed by atoms with Crippen LogP contribution in [0.4, 0.5) is 0 Å². The van der Waals surface area contributed by atoms with Crippen LogP contribution in [0.1, 0.15) is 22.6 Å². The van der Waals surface area contributed by atoms with Crippen LogP contribution in [0, 0.1) is 0 Å². The van der Waals surface area contributed by atoms with Crippen molar-refractivity contribution >= 4 is 11.9 Å². The van der Waals surface area contributed by atoms with E-state index in [9.17, 15) is 9.59 Å². The van der Waals surface area contributed by atoms with Gasteiger partial charge in [0, 0.05) is 24.2 Å². The van der Waals surface area contributed by atoms with Crippen molar-refractivity contribution in [2.75, 3.05) is 26.3 Å². The number of hydrogen-bond acceptors (Lipinski definition) is 4. The molecular formula is C20H19NO4. The first kappa shape index (κ1) is 15.8. The highest BCUT2D eigenvalue weighted by atomic mass is 16.5. The number of morpholine rings is 1. The van der Waals surface area contributed by atoms with Gasteiger partial charge in [-0.2, -0.15) is 0 Å². The number of nitrogens with zero attached hydrogens (tertiary/aromatic N) is 1. The average molecular weight is 337 g/mol. The van der Waals surface area contributed by atoms with Gasteiger partial charge < -0.3 is 14.4 Å². The Kier molecular flexibility index (Phi) is 4.24. The third-order valence-corrected chi connectivity index (χ3v) is 4.71. The number of carbonyl (C=O) groups is 2. The first-order valence-corrected chi connectivity index (χ1v) is 8.48. The number of amides is 1. The lowest BCUT2D eigenvalue weighted by Gasteiger charge is -2.27. The molecule has 0 saturated carbocycles. The van der Waals surface area contributed by atoms with Gasteiger partial charge in [-0.15, -0.1) is 0 Å². The Balaban J connectivity index is 1.61. The predicted molar refractivity (Wildman–Crippen MR) is 91.5 cm³/mol. The fourth-order valence-electron chi connectivity index (χ4n) is 3.43. The Morgan fingerprint density at radius 2 is 1.80 bits per heavy atom. The fourth-order valence-corrected chi connectivity index (χ4v) is 3.43. The summed E-state index contributed by atoms with van der Waals surface area (Å²) in [6.45, 7) is 2.37. The molecule has 2 aliphatic heterocycles. The summed E-state index contributed by atoms with van der Waals surface area (Å²) in [6.07, 6.45) is 0.234. The summed E-state index contributed by atoms with van der Waals surface area (Å²) >= 11 is 0. The molecule has 1 unspecified atom stereocenters. The first-order valence-electron chi connectivity index (χ1n) is 8.48. The number of para-hydroxylation sites is 1. The second kappa shape index (κ2) is 6.69. The Morgan fingerprint density at radius 3 is 2.56 bits per heavy atom. The van der Waals surface area contributed by atoms with Crippen molar-refractivity contribution in [3.63, 3.8) is 0 Å². The molecule has 2 aromatic rings. The number of fused-ring (bicyclic) bond motifs is 1. The van der Waals surface area contributed by atoms with E-state index in [1.807, 2.05) is 48.5 Å². The SMILES string of the molecule is O=C1Oc2c(CC(=O)N3CCOCC3)cccc2C1c1ccccc1. The van der Waals surface area contributed by atoms with Gasteiger partial charge in [0.05, 0.1) is 19.6 Å². The van der Waals surface area contributed by atoms with Crippen molar-refractivity contribution < 1.29 is 19.1 Å². The molecule has 0 aliphatic carbocycles. The van der Waals surface area contributed by atoms with Crippen LogP contribution in [0.15, 0.2) is 48.5 Å². The smallest absolute Gasteiger partial charge is 0.323 e.